The molecule has 0 saturated heterocycles. The van der Waals surface area contributed by atoms with Gasteiger partial charge in [0.05, 0.1) is 58.9 Å². The number of rotatable bonds is 18. The van der Waals surface area contributed by atoms with Gasteiger partial charge < -0.3 is 25.8 Å². The van der Waals surface area contributed by atoms with E-state index in [0.717, 1.165) is 41.8 Å². The largest absolute Gasteiger partial charge is 0.492 e. The van der Waals surface area contributed by atoms with Gasteiger partial charge in [0.15, 0.2) is 11.5 Å². The number of carbonyl (C=O) groups is 2. The van der Waals surface area contributed by atoms with Gasteiger partial charge in [-0.05, 0) is 53.7 Å². The second kappa shape index (κ2) is 18.3. The van der Waals surface area contributed by atoms with Gasteiger partial charge in [-0.15, -0.1) is 11.3 Å². The highest BCUT2D eigenvalue weighted by molar-refractivity contribution is 7.92. The summed E-state index contributed by atoms with van der Waals surface area (Å²) in [5.41, 5.74) is 12.4. The first-order chi connectivity index (χ1) is 23.6. The van der Waals surface area contributed by atoms with Crippen molar-refractivity contribution < 1.29 is 27.5 Å². The zero-order valence-corrected chi connectivity index (χ0v) is 31.9. The van der Waals surface area contributed by atoms with Crippen LogP contribution in [0.15, 0.2) is 60.4 Å². The van der Waals surface area contributed by atoms with Crippen molar-refractivity contribution in [3.05, 3.63) is 81.2 Å². The van der Waals surface area contributed by atoms with E-state index in [4.69, 9.17) is 15.2 Å². The normalized spacial score (nSPS) is 14.3. The number of methoxy groups -OCH3 is 2. The minimum absolute atomic E-state index is 0.0147. The average molecular weight is 729 g/mol. The van der Waals surface area contributed by atoms with Gasteiger partial charge in [0.1, 0.15) is 0 Å². The number of nitrogens with two attached hydrogens (primary N) is 1. The average Bonchev–Trinajstić information content (AvgIpc) is 3.40. The Bertz CT molecular complexity index is 1740. The summed E-state index contributed by atoms with van der Waals surface area (Å²) >= 11 is 1.30. The summed E-state index contributed by atoms with van der Waals surface area (Å²) in [5.74, 6) is -0.261. The molecule has 14 heteroatoms. The molecule has 1 aliphatic rings. The maximum absolute atomic E-state index is 13.6. The topological polar surface area (TPSA) is 164 Å². The fraction of sp³-hybridized carbons (Fsp3) is 0.444. The first-order valence-corrected chi connectivity index (χ1v) is 19.2. The number of anilines is 2. The number of hydrogen-bond acceptors (Lipinski definition) is 11. The van der Waals surface area contributed by atoms with Crippen LogP contribution in [0.1, 0.15) is 66.7 Å². The van der Waals surface area contributed by atoms with Gasteiger partial charge >= 0.3 is 0 Å². The van der Waals surface area contributed by atoms with E-state index < -0.39 is 10.0 Å². The molecule has 12 nitrogen and oxygen atoms in total. The molecule has 1 aromatic heterocycles. The van der Waals surface area contributed by atoms with Gasteiger partial charge in [0.25, 0.3) is 5.91 Å². The van der Waals surface area contributed by atoms with Crippen molar-refractivity contribution in [1.82, 2.24) is 15.8 Å². The van der Waals surface area contributed by atoms with Crippen LogP contribution in [0.4, 0.5) is 11.4 Å². The Kier molecular flexibility index (Phi) is 14.8. The van der Waals surface area contributed by atoms with Gasteiger partial charge in [0, 0.05) is 32.4 Å². The number of likely N-dealkylation sites (N-methyl/N-ethyl adjacent to an activating group) is 1. The highest BCUT2D eigenvalue weighted by Crippen LogP contribution is 2.39. The van der Waals surface area contributed by atoms with Crippen LogP contribution in [0.25, 0.3) is 5.70 Å². The Hall–Kier alpha value is -3.95. The maximum atomic E-state index is 13.6. The van der Waals surface area contributed by atoms with Crippen LogP contribution < -0.4 is 31.3 Å². The number of nitrogens with zero attached hydrogens (tertiary/aromatic N) is 1. The molecule has 1 aromatic carbocycles. The van der Waals surface area contributed by atoms with Crippen LogP contribution in [0, 0.1) is 0 Å². The summed E-state index contributed by atoms with van der Waals surface area (Å²) in [4.78, 5) is 28.3. The number of ether oxygens (including phenoxy) is 2. The monoisotopic (exact) mass is 728 g/mol. The van der Waals surface area contributed by atoms with E-state index in [1.807, 2.05) is 57.2 Å². The van der Waals surface area contributed by atoms with E-state index in [0.29, 0.717) is 34.9 Å². The molecular formula is C36H52N6O6S2. The third-order valence-corrected chi connectivity index (χ3v) is 9.73. The highest BCUT2D eigenvalue weighted by Gasteiger charge is 2.23. The molecule has 3 rings (SSSR count). The number of allylic oxidation sites excluding steroid dienone is 3. The second-order valence-electron chi connectivity index (χ2n) is 12.8. The summed E-state index contributed by atoms with van der Waals surface area (Å²) < 4.78 is 37.5. The molecule has 0 spiro atoms. The molecule has 0 radical (unpaired) electrons. The summed E-state index contributed by atoms with van der Waals surface area (Å²) in [5, 5.41) is 8.23. The molecule has 2 aromatic rings. The number of hydrogen-bond donors (Lipinski definition) is 5. The number of nitrogens with one attached hydrogen (secondary N) is 4. The van der Waals surface area contributed by atoms with Crippen LogP contribution in [-0.4, -0.2) is 77.9 Å². The van der Waals surface area contributed by atoms with Crippen molar-refractivity contribution in [1.29, 1.82) is 0 Å². The fourth-order valence-electron chi connectivity index (χ4n) is 5.07. The summed E-state index contributed by atoms with van der Waals surface area (Å²) in [7, 11) is -0.477. The Balaban J connectivity index is 1.79. The zero-order chi connectivity index (χ0) is 37.1. The van der Waals surface area contributed by atoms with Crippen LogP contribution in [0.5, 0.6) is 5.75 Å². The molecule has 0 saturated carbocycles. The maximum Gasteiger partial charge on any atom is 0.257 e. The molecule has 1 amide bonds. The number of sulfonamides is 1. The number of hydrazine groups is 1. The van der Waals surface area contributed by atoms with Crippen molar-refractivity contribution in [2.75, 3.05) is 56.8 Å². The molecule has 274 valence electrons. The van der Waals surface area contributed by atoms with Gasteiger partial charge in [-0.1, -0.05) is 58.9 Å². The number of carbonyl (C=O) groups excluding carboxylic acids is 2. The van der Waals surface area contributed by atoms with E-state index in [1.54, 1.807) is 19.3 Å². The lowest BCUT2D eigenvalue weighted by atomic mass is 9.86. The van der Waals surface area contributed by atoms with E-state index in [2.05, 4.69) is 39.6 Å². The van der Waals surface area contributed by atoms with Crippen molar-refractivity contribution in [2.45, 2.75) is 58.9 Å². The minimum atomic E-state index is -3.59. The molecule has 0 fully saturated rings. The molecule has 1 atom stereocenters. The molecule has 1 heterocycles. The Morgan fingerprint density at radius 1 is 1.14 bits per heavy atom. The van der Waals surface area contributed by atoms with E-state index in [9.17, 15) is 18.0 Å². The minimum Gasteiger partial charge on any atom is -0.492 e. The Morgan fingerprint density at radius 3 is 2.46 bits per heavy atom. The van der Waals surface area contributed by atoms with E-state index >= 15 is 0 Å². The number of ketones is 1. The molecule has 6 N–H and O–H groups in total. The number of thiophene rings is 1. The van der Waals surface area contributed by atoms with Gasteiger partial charge in [0.2, 0.25) is 10.0 Å². The van der Waals surface area contributed by atoms with Crippen LogP contribution in [-0.2, 0) is 31.4 Å². The first-order valence-electron chi connectivity index (χ1n) is 16.5. The summed E-state index contributed by atoms with van der Waals surface area (Å²) in [6.45, 7) is 12.2. The van der Waals surface area contributed by atoms with Gasteiger partial charge in [-0.2, -0.15) is 0 Å². The number of amides is 1. The highest BCUT2D eigenvalue weighted by atomic mass is 32.2. The molecule has 1 unspecified atom stereocenters. The quantitative estimate of drug-likeness (QED) is 0.0615. The predicted molar refractivity (Wildman–Crippen MR) is 204 cm³/mol. The van der Waals surface area contributed by atoms with Crippen LogP contribution in [0.3, 0.4) is 0 Å². The number of Topliss-reactive ketones (excluding diaryl/α,β-unsaturated/α-hetero) is 1. The van der Waals surface area contributed by atoms with Crippen molar-refractivity contribution in [3.8, 4) is 5.75 Å². The molecule has 1 aliphatic carbocycles. The lowest BCUT2D eigenvalue weighted by molar-refractivity contribution is -0.116. The summed E-state index contributed by atoms with van der Waals surface area (Å²) in [6.07, 6.45) is 13.0. The van der Waals surface area contributed by atoms with Crippen molar-refractivity contribution in [2.24, 2.45) is 5.73 Å². The molecule has 0 bridgehead atoms. The lowest BCUT2D eigenvalue weighted by Gasteiger charge is -2.25. The second-order valence-corrected chi connectivity index (χ2v) is 15.6. The van der Waals surface area contributed by atoms with Gasteiger partial charge in [-0.25, -0.2) is 18.9 Å². The predicted octanol–water partition coefficient (Wildman–Crippen LogP) is 4.94. The lowest BCUT2D eigenvalue weighted by Crippen LogP contribution is -2.45. The smallest absolute Gasteiger partial charge is 0.257 e. The zero-order valence-electron chi connectivity index (χ0n) is 30.3. The first kappa shape index (κ1) is 40.5. The Labute approximate surface area is 300 Å². The van der Waals surface area contributed by atoms with Crippen molar-refractivity contribution in [3.63, 3.8) is 0 Å². The molecular weight excluding hydrogens is 677 g/mol. The molecule has 0 aliphatic heterocycles. The molecule has 50 heavy (non-hydrogen) atoms. The Morgan fingerprint density at radius 2 is 1.86 bits per heavy atom. The third kappa shape index (κ3) is 11.6. The van der Waals surface area contributed by atoms with Crippen LogP contribution in [0.2, 0.25) is 0 Å². The van der Waals surface area contributed by atoms with Crippen LogP contribution >= 0.6 is 11.3 Å². The fourth-order valence-corrected chi connectivity index (χ4v) is 6.73. The summed E-state index contributed by atoms with van der Waals surface area (Å²) in [6, 6.07) is 5.43. The standard InChI is InChI=1S/C36H52N6O6S2/c1-9-27(40-42(10-2)17-18-47-6)16-15-25(22-37)35(44)39-28-14-12-11-13-24-19-32(49-34(24)28)31(43)23-38-29-20-26(36(3,4)5)21-30(33(29)48-7)41-50(8,45)46/h11-12,14-16,19-22,27,38,40-41H,9-10,13,17-18,23,37H2,1-8H3,(H,39,44)/b16-15-,25-22+. The van der Waals surface area contributed by atoms with E-state index in [-0.39, 0.29) is 41.1 Å². The van der Waals surface area contributed by atoms with Gasteiger partial charge in [-0.3, -0.25) is 14.3 Å². The van der Waals surface area contributed by atoms with Crippen molar-refractivity contribution >= 4 is 50.1 Å². The number of fused-ring (bicyclic) bond motifs is 1. The third-order valence-electron chi connectivity index (χ3n) is 7.89. The van der Waals surface area contributed by atoms with E-state index in [1.165, 1.54) is 24.6 Å². The SMILES string of the molecule is CCC(/C=C\C(=C/N)C(=O)NC1=CC=CCc2cc(C(=O)CNc3cc(C(C)(C)C)cc(NS(C)(=O)=O)c3OC)sc21)NN(CC)CCOC. The number of benzene rings is 1.